The number of nitrogens with zero attached hydrogens (tertiary/aromatic N) is 2. The minimum absolute atomic E-state index is 0.115. The van der Waals surface area contributed by atoms with Gasteiger partial charge in [-0.25, -0.2) is 13.4 Å². The third-order valence-electron chi connectivity index (χ3n) is 2.30. The van der Waals surface area contributed by atoms with E-state index in [0.717, 1.165) is 12.1 Å². The monoisotopic (exact) mass is 264 g/mol. The number of alkyl halides is 1. The van der Waals surface area contributed by atoms with E-state index in [4.69, 9.17) is 11.6 Å². The summed E-state index contributed by atoms with van der Waals surface area (Å²) in [6, 6.07) is 0. The van der Waals surface area contributed by atoms with Gasteiger partial charge in [0, 0.05) is 12.8 Å². The SMILES string of the molecule is CC(C)CCn1c(CCl)cnc1S(C)(=O)=O. The lowest BCUT2D eigenvalue weighted by Gasteiger charge is -2.11. The number of sulfone groups is 1. The van der Waals surface area contributed by atoms with Crippen LogP contribution in [0.15, 0.2) is 11.4 Å². The fourth-order valence-electron chi connectivity index (χ4n) is 1.42. The molecule has 0 saturated carbocycles. The zero-order chi connectivity index (χ0) is 12.3. The first-order valence-electron chi connectivity index (χ1n) is 5.16. The molecule has 0 bridgehead atoms. The summed E-state index contributed by atoms with van der Waals surface area (Å²) in [5.74, 6) is 0.790. The lowest BCUT2D eigenvalue weighted by Crippen LogP contribution is -2.12. The average molecular weight is 265 g/mol. The number of halogens is 1. The number of hydrogen-bond donors (Lipinski definition) is 0. The number of aromatic nitrogens is 2. The van der Waals surface area contributed by atoms with Crippen molar-refractivity contribution >= 4 is 21.4 Å². The number of rotatable bonds is 5. The van der Waals surface area contributed by atoms with Gasteiger partial charge in [0.2, 0.25) is 15.0 Å². The average Bonchev–Trinajstić information content (AvgIpc) is 2.56. The number of imidazole rings is 1. The van der Waals surface area contributed by atoms with Crippen LogP contribution in [0.1, 0.15) is 26.0 Å². The zero-order valence-electron chi connectivity index (χ0n) is 9.77. The first-order valence-corrected chi connectivity index (χ1v) is 7.59. The van der Waals surface area contributed by atoms with E-state index in [1.165, 1.54) is 12.5 Å². The fraction of sp³-hybridized carbons (Fsp3) is 0.700. The van der Waals surface area contributed by atoms with Gasteiger partial charge in [-0.3, -0.25) is 0 Å². The second-order valence-corrected chi connectivity index (χ2v) is 6.45. The smallest absolute Gasteiger partial charge is 0.227 e. The van der Waals surface area contributed by atoms with E-state index in [0.29, 0.717) is 12.5 Å². The molecule has 92 valence electrons. The quantitative estimate of drug-likeness (QED) is 0.765. The van der Waals surface area contributed by atoms with Crippen molar-refractivity contribution in [3.8, 4) is 0 Å². The predicted octanol–water partition coefficient (Wildman–Crippen LogP) is 2.07. The molecule has 0 aliphatic rings. The van der Waals surface area contributed by atoms with E-state index in [9.17, 15) is 8.42 Å². The van der Waals surface area contributed by atoms with E-state index < -0.39 is 9.84 Å². The topological polar surface area (TPSA) is 52.0 Å². The van der Waals surface area contributed by atoms with Crippen molar-refractivity contribution in [1.82, 2.24) is 9.55 Å². The maximum Gasteiger partial charge on any atom is 0.227 e. The Bertz CT molecular complexity index is 451. The minimum atomic E-state index is -3.28. The van der Waals surface area contributed by atoms with E-state index in [2.05, 4.69) is 18.8 Å². The summed E-state index contributed by atoms with van der Waals surface area (Å²) in [5.41, 5.74) is 0.753. The Labute approximate surface area is 102 Å². The molecule has 0 aliphatic carbocycles. The van der Waals surface area contributed by atoms with Gasteiger partial charge < -0.3 is 4.57 Å². The standard InChI is InChI=1S/C10H17ClN2O2S/c1-8(2)4-5-13-9(6-11)7-12-10(13)16(3,14)15/h7-8H,4-6H2,1-3H3. The summed E-state index contributed by atoms with van der Waals surface area (Å²) >= 11 is 5.76. The molecule has 0 aromatic carbocycles. The Morgan fingerprint density at radius 3 is 2.56 bits per heavy atom. The van der Waals surface area contributed by atoms with Gasteiger partial charge in [0.25, 0.3) is 0 Å². The van der Waals surface area contributed by atoms with Crippen LogP contribution in [0.5, 0.6) is 0 Å². The molecule has 0 aliphatic heterocycles. The van der Waals surface area contributed by atoms with Gasteiger partial charge in [0.1, 0.15) is 0 Å². The highest BCUT2D eigenvalue weighted by molar-refractivity contribution is 7.90. The van der Waals surface area contributed by atoms with Crippen LogP contribution < -0.4 is 0 Å². The van der Waals surface area contributed by atoms with Gasteiger partial charge in [-0.2, -0.15) is 0 Å². The van der Waals surface area contributed by atoms with Crippen molar-refractivity contribution in [3.05, 3.63) is 11.9 Å². The molecule has 0 radical (unpaired) electrons. The highest BCUT2D eigenvalue weighted by Crippen LogP contribution is 2.15. The first kappa shape index (κ1) is 13.5. The summed E-state index contributed by atoms with van der Waals surface area (Å²) < 4.78 is 24.7. The van der Waals surface area contributed by atoms with Gasteiger partial charge in [-0.1, -0.05) is 13.8 Å². The number of hydrogen-bond acceptors (Lipinski definition) is 3. The predicted molar refractivity (Wildman–Crippen MR) is 64.3 cm³/mol. The zero-order valence-corrected chi connectivity index (χ0v) is 11.3. The molecular weight excluding hydrogens is 248 g/mol. The van der Waals surface area contributed by atoms with Crippen molar-refractivity contribution in [1.29, 1.82) is 0 Å². The van der Waals surface area contributed by atoms with E-state index in [1.807, 2.05) is 0 Å². The van der Waals surface area contributed by atoms with E-state index in [-0.39, 0.29) is 11.0 Å². The summed E-state index contributed by atoms with van der Waals surface area (Å²) in [6.07, 6.45) is 3.60. The Morgan fingerprint density at radius 1 is 1.50 bits per heavy atom. The van der Waals surface area contributed by atoms with Crippen LogP contribution in [-0.2, 0) is 22.3 Å². The maximum absolute atomic E-state index is 11.5. The minimum Gasteiger partial charge on any atom is -0.318 e. The summed E-state index contributed by atoms with van der Waals surface area (Å²) in [4.78, 5) is 3.93. The molecule has 0 amide bonds. The Balaban J connectivity index is 3.07. The van der Waals surface area contributed by atoms with Gasteiger partial charge >= 0.3 is 0 Å². The highest BCUT2D eigenvalue weighted by Gasteiger charge is 2.18. The van der Waals surface area contributed by atoms with Crippen molar-refractivity contribution in [2.75, 3.05) is 6.26 Å². The molecule has 6 heteroatoms. The van der Waals surface area contributed by atoms with Gasteiger partial charge in [-0.15, -0.1) is 11.6 Å². The Hall–Kier alpha value is -0.550. The molecular formula is C10H17ClN2O2S. The highest BCUT2D eigenvalue weighted by atomic mass is 35.5. The van der Waals surface area contributed by atoms with Crippen molar-refractivity contribution in [2.24, 2.45) is 5.92 Å². The third-order valence-corrected chi connectivity index (χ3v) is 3.56. The lowest BCUT2D eigenvalue weighted by atomic mass is 10.1. The lowest BCUT2D eigenvalue weighted by molar-refractivity contribution is 0.480. The molecule has 1 rings (SSSR count). The molecule has 0 atom stereocenters. The second kappa shape index (κ2) is 5.19. The van der Waals surface area contributed by atoms with Crippen LogP contribution >= 0.6 is 11.6 Å². The molecule has 0 N–H and O–H groups in total. The molecule has 0 saturated heterocycles. The molecule has 0 unspecified atom stereocenters. The molecule has 16 heavy (non-hydrogen) atoms. The van der Waals surface area contributed by atoms with Crippen LogP contribution in [0.2, 0.25) is 0 Å². The van der Waals surface area contributed by atoms with Gasteiger partial charge in [0.15, 0.2) is 0 Å². The molecule has 4 nitrogen and oxygen atoms in total. The van der Waals surface area contributed by atoms with Crippen LogP contribution in [0, 0.1) is 5.92 Å². The summed E-state index contributed by atoms with van der Waals surface area (Å²) in [5, 5.41) is 0.115. The van der Waals surface area contributed by atoms with Crippen molar-refractivity contribution in [3.63, 3.8) is 0 Å². The van der Waals surface area contributed by atoms with Crippen molar-refractivity contribution in [2.45, 2.75) is 37.8 Å². The third kappa shape index (κ3) is 3.22. The van der Waals surface area contributed by atoms with E-state index in [1.54, 1.807) is 4.57 Å². The second-order valence-electron chi connectivity index (χ2n) is 4.27. The summed E-state index contributed by atoms with van der Waals surface area (Å²) in [6.45, 7) is 4.83. The molecule has 0 spiro atoms. The van der Waals surface area contributed by atoms with E-state index >= 15 is 0 Å². The van der Waals surface area contributed by atoms with Crippen molar-refractivity contribution < 1.29 is 8.42 Å². The first-order chi connectivity index (χ1) is 7.36. The van der Waals surface area contributed by atoms with Crippen LogP contribution in [-0.4, -0.2) is 24.2 Å². The Kier molecular flexibility index (Phi) is 4.38. The van der Waals surface area contributed by atoms with Gasteiger partial charge in [-0.05, 0) is 12.3 Å². The molecule has 1 heterocycles. The molecule has 1 aromatic rings. The summed E-state index contributed by atoms with van der Waals surface area (Å²) in [7, 11) is -3.28. The normalized spacial score (nSPS) is 12.3. The maximum atomic E-state index is 11.5. The Morgan fingerprint density at radius 2 is 2.12 bits per heavy atom. The van der Waals surface area contributed by atoms with Crippen LogP contribution in [0.25, 0.3) is 0 Å². The van der Waals surface area contributed by atoms with Crippen LogP contribution in [0.3, 0.4) is 0 Å². The fourth-order valence-corrected chi connectivity index (χ4v) is 2.49. The van der Waals surface area contributed by atoms with Gasteiger partial charge in [0.05, 0.1) is 17.8 Å². The van der Waals surface area contributed by atoms with Crippen LogP contribution in [0.4, 0.5) is 0 Å². The largest absolute Gasteiger partial charge is 0.318 e. The molecule has 1 aromatic heterocycles. The molecule has 0 fully saturated rings.